The molecule has 0 spiro atoms. The highest BCUT2D eigenvalue weighted by Gasteiger charge is 2.20. The van der Waals surface area contributed by atoms with Crippen LogP contribution in [-0.4, -0.2) is 24.3 Å². The normalized spacial score (nSPS) is 13.3. The fourth-order valence-corrected chi connectivity index (χ4v) is 3.00. The summed E-state index contributed by atoms with van der Waals surface area (Å²) in [4.78, 5) is 8.97. The minimum atomic E-state index is -0.148. The molecule has 0 fully saturated rings. The second kappa shape index (κ2) is 4.61. The number of imidazole rings is 1. The molecule has 7 heteroatoms. The van der Waals surface area contributed by atoms with Crippen LogP contribution in [0.2, 0.25) is 0 Å². The maximum absolute atomic E-state index is 6.25. The molecule has 0 aliphatic heterocycles. The topological polar surface area (TPSA) is 48.5 Å². The van der Waals surface area contributed by atoms with Gasteiger partial charge in [-0.05, 0) is 13.8 Å². The number of hydrogen-bond donors (Lipinski definition) is 0. The minimum absolute atomic E-state index is 0.148. The molecule has 0 radical (unpaired) electrons. The molecule has 19 heavy (non-hydrogen) atoms. The van der Waals surface area contributed by atoms with Gasteiger partial charge in [0.25, 0.3) is 0 Å². The lowest BCUT2D eigenvalue weighted by atomic mass is 10.4. The molecule has 1 atom stereocenters. The van der Waals surface area contributed by atoms with Crippen LogP contribution in [-0.2, 0) is 13.6 Å². The summed E-state index contributed by atoms with van der Waals surface area (Å²) in [6.07, 6.45) is 0. The summed E-state index contributed by atoms with van der Waals surface area (Å²) < 4.78 is 3.95. The Balaban J connectivity index is 2.21. The first-order valence-corrected chi connectivity index (χ1v) is 7.36. The van der Waals surface area contributed by atoms with E-state index >= 15 is 0 Å². The molecular weight excluding hydrogens is 282 g/mol. The van der Waals surface area contributed by atoms with Crippen LogP contribution in [0.15, 0.2) is 10.9 Å². The summed E-state index contributed by atoms with van der Waals surface area (Å²) >= 11 is 7.84. The molecule has 0 bridgehead atoms. The van der Waals surface area contributed by atoms with Gasteiger partial charge in [-0.15, -0.1) is 22.9 Å². The van der Waals surface area contributed by atoms with Gasteiger partial charge in [-0.2, -0.15) is 5.10 Å². The van der Waals surface area contributed by atoms with E-state index in [0.717, 1.165) is 28.4 Å². The summed E-state index contributed by atoms with van der Waals surface area (Å²) in [6.45, 7) is 4.57. The van der Waals surface area contributed by atoms with Gasteiger partial charge in [-0.1, -0.05) is 0 Å². The Morgan fingerprint density at radius 3 is 2.89 bits per heavy atom. The van der Waals surface area contributed by atoms with Gasteiger partial charge in [0.1, 0.15) is 11.3 Å². The molecule has 3 aromatic heterocycles. The monoisotopic (exact) mass is 295 g/mol. The van der Waals surface area contributed by atoms with E-state index in [2.05, 4.69) is 19.6 Å². The van der Waals surface area contributed by atoms with Crippen LogP contribution in [0.5, 0.6) is 0 Å². The molecule has 0 aliphatic carbocycles. The van der Waals surface area contributed by atoms with Crippen LogP contribution in [0.4, 0.5) is 0 Å². The Labute approximate surface area is 119 Å². The SMILES string of the molecule is Cc1nn(C)c2c1nc(C(C)Cl)n2Cc1cscn1. The average molecular weight is 296 g/mol. The van der Waals surface area contributed by atoms with Crippen molar-refractivity contribution in [3.8, 4) is 0 Å². The minimum Gasteiger partial charge on any atom is -0.306 e. The lowest BCUT2D eigenvalue weighted by Gasteiger charge is -2.09. The quantitative estimate of drug-likeness (QED) is 0.698. The standard InChI is InChI=1S/C12H14ClN5S/c1-7(13)11-15-10-8(2)16-17(3)12(10)18(11)4-9-5-19-6-14-9/h5-7H,4H2,1-3H3. The molecule has 3 aromatic rings. The van der Waals surface area contributed by atoms with Gasteiger partial charge in [-0.3, -0.25) is 4.68 Å². The Hall–Kier alpha value is -1.40. The zero-order chi connectivity index (χ0) is 13.6. The molecular formula is C12H14ClN5S. The number of aromatic nitrogens is 5. The third-order valence-corrected chi connectivity index (χ3v) is 3.91. The summed E-state index contributed by atoms with van der Waals surface area (Å²) in [7, 11) is 1.93. The molecule has 3 heterocycles. The van der Waals surface area contributed by atoms with Crippen LogP contribution in [0, 0.1) is 6.92 Å². The van der Waals surface area contributed by atoms with Gasteiger partial charge < -0.3 is 4.57 Å². The van der Waals surface area contributed by atoms with E-state index < -0.39 is 0 Å². The Morgan fingerprint density at radius 1 is 1.47 bits per heavy atom. The van der Waals surface area contributed by atoms with Crippen LogP contribution in [0.1, 0.15) is 29.5 Å². The predicted molar refractivity (Wildman–Crippen MR) is 76.7 cm³/mol. The van der Waals surface area contributed by atoms with E-state index in [9.17, 15) is 0 Å². The van der Waals surface area contributed by atoms with Gasteiger partial charge in [-0.25, -0.2) is 9.97 Å². The van der Waals surface area contributed by atoms with Crippen molar-refractivity contribution in [2.75, 3.05) is 0 Å². The first-order valence-electron chi connectivity index (χ1n) is 5.98. The number of hydrogen-bond acceptors (Lipinski definition) is 4. The van der Waals surface area contributed by atoms with Gasteiger partial charge in [0.15, 0.2) is 5.65 Å². The van der Waals surface area contributed by atoms with E-state index in [-0.39, 0.29) is 5.38 Å². The van der Waals surface area contributed by atoms with Crippen LogP contribution < -0.4 is 0 Å². The largest absolute Gasteiger partial charge is 0.306 e. The fourth-order valence-electron chi connectivity index (χ4n) is 2.29. The number of thiazole rings is 1. The fraction of sp³-hybridized carbons (Fsp3) is 0.417. The van der Waals surface area contributed by atoms with Crippen molar-refractivity contribution in [3.05, 3.63) is 28.1 Å². The Morgan fingerprint density at radius 2 is 2.26 bits per heavy atom. The predicted octanol–water partition coefficient (Wildman–Crippen LogP) is 2.88. The van der Waals surface area contributed by atoms with Crippen molar-refractivity contribution in [2.24, 2.45) is 7.05 Å². The highest BCUT2D eigenvalue weighted by molar-refractivity contribution is 7.07. The third-order valence-electron chi connectivity index (χ3n) is 3.08. The molecule has 0 saturated heterocycles. The van der Waals surface area contributed by atoms with Crippen molar-refractivity contribution in [2.45, 2.75) is 25.8 Å². The van der Waals surface area contributed by atoms with E-state index in [4.69, 9.17) is 11.6 Å². The van der Waals surface area contributed by atoms with E-state index in [1.807, 2.05) is 36.5 Å². The second-order valence-electron chi connectivity index (χ2n) is 4.53. The average Bonchev–Trinajstić information content (AvgIpc) is 3.00. The van der Waals surface area contributed by atoms with Crippen molar-refractivity contribution in [3.63, 3.8) is 0 Å². The van der Waals surface area contributed by atoms with Crippen molar-refractivity contribution >= 4 is 34.1 Å². The highest BCUT2D eigenvalue weighted by Crippen LogP contribution is 2.26. The number of alkyl halides is 1. The zero-order valence-corrected chi connectivity index (χ0v) is 12.5. The van der Waals surface area contributed by atoms with Gasteiger partial charge in [0, 0.05) is 12.4 Å². The lowest BCUT2D eigenvalue weighted by molar-refractivity contribution is 0.680. The number of halogens is 1. The van der Waals surface area contributed by atoms with Gasteiger partial charge >= 0.3 is 0 Å². The molecule has 3 rings (SSSR count). The second-order valence-corrected chi connectivity index (χ2v) is 5.91. The summed E-state index contributed by atoms with van der Waals surface area (Å²) in [6, 6.07) is 0. The molecule has 0 N–H and O–H groups in total. The molecule has 1 unspecified atom stereocenters. The molecule has 0 amide bonds. The molecule has 100 valence electrons. The number of nitrogens with zero attached hydrogens (tertiary/aromatic N) is 5. The zero-order valence-electron chi connectivity index (χ0n) is 11.0. The molecule has 0 saturated carbocycles. The van der Waals surface area contributed by atoms with Crippen molar-refractivity contribution < 1.29 is 0 Å². The lowest BCUT2D eigenvalue weighted by Crippen LogP contribution is -2.09. The van der Waals surface area contributed by atoms with Crippen LogP contribution in [0.25, 0.3) is 11.2 Å². The summed E-state index contributed by atoms with van der Waals surface area (Å²) in [5.74, 6) is 0.862. The number of rotatable bonds is 3. The summed E-state index contributed by atoms with van der Waals surface area (Å²) in [5, 5.41) is 6.30. The summed E-state index contributed by atoms with van der Waals surface area (Å²) in [5.41, 5.74) is 5.69. The van der Waals surface area contributed by atoms with E-state index in [1.165, 1.54) is 0 Å². The van der Waals surface area contributed by atoms with E-state index in [0.29, 0.717) is 6.54 Å². The van der Waals surface area contributed by atoms with E-state index in [1.54, 1.807) is 11.3 Å². The van der Waals surface area contributed by atoms with Crippen LogP contribution in [0.3, 0.4) is 0 Å². The highest BCUT2D eigenvalue weighted by atomic mass is 35.5. The van der Waals surface area contributed by atoms with Gasteiger partial charge in [0.2, 0.25) is 0 Å². The Bertz CT molecular complexity index is 710. The molecule has 0 aromatic carbocycles. The maximum atomic E-state index is 6.25. The van der Waals surface area contributed by atoms with Crippen molar-refractivity contribution in [1.82, 2.24) is 24.3 Å². The first kappa shape index (κ1) is 12.6. The Kier molecular flexibility index (Phi) is 3.06. The maximum Gasteiger partial charge on any atom is 0.159 e. The number of aryl methyl sites for hydroxylation is 2. The van der Waals surface area contributed by atoms with Crippen molar-refractivity contribution in [1.29, 1.82) is 0 Å². The molecule has 5 nitrogen and oxygen atoms in total. The first-order chi connectivity index (χ1) is 9.08. The smallest absolute Gasteiger partial charge is 0.159 e. The molecule has 0 aliphatic rings. The van der Waals surface area contributed by atoms with Gasteiger partial charge in [0.05, 0.1) is 28.8 Å². The third kappa shape index (κ3) is 2.04. The number of fused-ring (bicyclic) bond motifs is 1. The van der Waals surface area contributed by atoms with Crippen LogP contribution >= 0.6 is 22.9 Å².